The minimum atomic E-state index is 0.327. The first-order chi connectivity index (χ1) is 12.1. The fourth-order valence-corrected chi connectivity index (χ4v) is 3.87. The van der Waals surface area contributed by atoms with Crippen molar-refractivity contribution in [3.63, 3.8) is 0 Å². The molecule has 6 heteroatoms. The maximum Gasteiger partial charge on any atom is 0.236 e. The molecular formula is C19H33N5O. The second-order valence-corrected chi connectivity index (χ2v) is 7.69. The fourth-order valence-electron chi connectivity index (χ4n) is 3.87. The Morgan fingerprint density at radius 3 is 2.36 bits per heavy atom. The third kappa shape index (κ3) is 5.05. The summed E-state index contributed by atoms with van der Waals surface area (Å²) in [6.45, 7) is 13.1. The summed E-state index contributed by atoms with van der Waals surface area (Å²) in [6, 6.07) is 0. The molecule has 0 N–H and O–H groups in total. The number of hydrogen-bond acceptors (Lipinski definition) is 4. The van der Waals surface area contributed by atoms with E-state index < -0.39 is 0 Å². The van der Waals surface area contributed by atoms with Gasteiger partial charge in [0.05, 0.1) is 6.54 Å². The van der Waals surface area contributed by atoms with Gasteiger partial charge in [0.1, 0.15) is 5.82 Å². The van der Waals surface area contributed by atoms with Crippen molar-refractivity contribution in [3.05, 3.63) is 18.2 Å². The minimum Gasteiger partial charge on any atom is -0.342 e. The van der Waals surface area contributed by atoms with Crippen molar-refractivity contribution in [3.8, 4) is 0 Å². The molecule has 0 bridgehead atoms. The van der Waals surface area contributed by atoms with E-state index in [1.165, 1.54) is 25.1 Å². The highest BCUT2D eigenvalue weighted by atomic mass is 16.2. The van der Waals surface area contributed by atoms with Gasteiger partial charge in [-0.3, -0.25) is 14.6 Å². The quantitative estimate of drug-likeness (QED) is 0.785. The zero-order chi connectivity index (χ0) is 17.6. The molecule has 3 rings (SSSR count). The molecule has 0 aromatic carbocycles. The summed E-state index contributed by atoms with van der Waals surface area (Å²) in [5.41, 5.74) is 0. The Balaban J connectivity index is 1.38. The van der Waals surface area contributed by atoms with E-state index in [-0.39, 0.29) is 0 Å². The van der Waals surface area contributed by atoms with Crippen LogP contribution >= 0.6 is 0 Å². The van der Waals surface area contributed by atoms with E-state index in [4.69, 9.17) is 0 Å². The lowest BCUT2D eigenvalue weighted by Crippen LogP contribution is -2.51. The maximum absolute atomic E-state index is 12.4. The molecule has 0 spiro atoms. The molecule has 1 aromatic rings. The van der Waals surface area contributed by atoms with Crippen LogP contribution in [0, 0.1) is 0 Å². The second kappa shape index (κ2) is 8.81. The third-order valence-electron chi connectivity index (χ3n) is 5.45. The third-order valence-corrected chi connectivity index (χ3v) is 5.45. The van der Waals surface area contributed by atoms with Crippen molar-refractivity contribution in [2.75, 3.05) is 52.4 Å². The number of piperazine rings is 1. The fraction of sp³-hybridized carbons (Fsp3) is 0.789. The lowest BCUT2D eigenvalue weighted by atomic mass is 10.1. The Hall–Kier alpha value is -1.40. The van der Waals surface area contributed by atoms with Crippen LogP contribution < -0.4 is 0 Å². The van der Waals surface area contributed by atoms with Crippen molar-refractivity contribution >= 4 is 5.91 Å². The van der Waals surface area contributed by atoms with E-state index in [2.05, 4.69) is 44.3 Å². The number of hydrogen-bond donors (Lipinski definition) is 0. The van der Waals surface area contributed by atoms with E-state index in [1.807, 2.05) is 6.20 Å². The molecule has 25 heavy (non-hydrogen) atoms. The van der Waals surface area contributed by atoms with Gasteiger partial charge in [-0.2, -0.15) is 0 Å². The van der Waals surface area contributed by atoms with Crippen molar-refractivity contribution in [2.45, 2.75) is 45.6 Å². The second-order valence-electron chi connectivity index (χ2n) is 7.69. The van der Waals surface area contributed by atoms with E-state index in [1.54, 1.807) is 0 Å². The standard InChI is InChI=1S/C19H33N5O/c1-17(2)19-20-6-9-24(19)15-14-21-10-12-22(13-11-21)16-18(25)23-7-4-3-5-8-23/h6,9,17H,3-5,7-8,10-16H2,1-2H3. The Kier molecular flexibility index (Phi) is 6.48. The molecule has 6 nitrogen and oxygen atoms in total. The minimum absolute atomic E-state index is 0.327. The molecule has 2 aliphatic rings. The summed E-state index contributed by atoms with van der Waals surface area (Å²) < 4.78 is 2.27. The molecule has 0 atom stereocenters. The highest BCUT2D eigenvalue weighted by Crippen LogP contribution is 2.13. The van der Waals surface area contributed by atoms with Gasteiger partial charge < -0.3 is 9.47 Å². The van der Waals surface area contributed by atoms with Gasteiger partial charge in [0, 0.05) is 70.7 Å². The number of rotatable bonds is 6. The smallest absolute Gasteiger partial charge is 0.236 e. The van der Waals surface area contributed by atoms with E-state index in [0.717, 1.165) is 52.4 Å². The van der Waals surface area contributed by atoms with Crippen LogP contribution in [-0.2, 0) is 11.3 Å². The van der Waals surface area contributed by atoms with Crippen LogP contribution in [0.5, 0.6) is 0 Å². The van der Waals surface area contributed by atoms with E-state index in [0.29, 0.717) is 18.4 Å². The van der Waals surface area contributed by atoms with Gasteiger partial charge in [-0.1, -0.05) is 13.8 Å². The number of aromatic nitrogens is 2. The predicted octanol–water partition coefficient (Wildman–Crippen LogP) is 1.64. The van der Waals surface area contributed by atoms with E-state index in [9.17, 15) is 4.79 Å². The molecule has 0 aliphatic carbocycles. The molecule has 3 heterocycles. The number of carbonyl (C=O) groups is 1. The summed E-state index contributed by atoms with van der Waals surface area (Å²) >= 11 is 0. The predicted molar refractivity (Wildman–Crippen MR) is 99.6 cm³/mol. The summed E-state index contributed by atoms with van der Waals surface area (Å²) in [7, 11) is 0. The largest absolute Gasteiger partial charge is 0.342 e. The SMILES string of the molecule is CC(C)c1nccn1CCN1CCN(CC(=O)N2CCCCC2)CC1. The first kappa shape index (κ1) is 18.4. The number of likely N-dealkylation sites (tertiary alicyclic amines) is 1. The highest BCUT2D eigenvalue weighted by molar-refractivity contribution is 5.78. The highest BCUT2D eigenvalue weighted by Gasteiger charge is 2.22. The molecule has 1 amide bonds. The Morgan fingerprint density at radius 2 is 1.68 bits per heavy atom. The lowest BCUT2D eigenvalue weighted by molar-refractivity contribution is -0.133. The number of imidazole rings is 1. The number of carbonyl (C=O) groups excluding carboxylic acids is 1. The Bertz CT molecular complexity index is 542. The molecule has 2 saturated heterocycles. The number of nitrogens with zero attached hydrogens (tertiary/aromatic N) is 5. The van der Waals surface area contributed by atoms with Crippen LogP contribution in [-0.4, -0.2) is 82.5 Å². The van der Waals surface area contributed by atoms with Gasteiger partial charge >= 0.3 is 0 Å². The van der Waals surface area contributed by atoms with Crippen molar-refractivity contribution in [1.82, 2.24) is 24.3 Å². The first-order valence-electron chi connectivity index (χ1n) is 9.87. The van der Waals surface area contributed by atoms with Gasteiger partial charge in [0.2, 0.25) is 5.91 Å². The summed E-state index contributed by atoms with van der Waals surface area (Å²) in [5.74, 6) is 1.96. The van der Waals surface area contributed by atoms with Gasteiger partial charge in [-0.05, 0) is 19.3 Å². The van der Waals surface area contributed by atoms with E-state index >= 15 is 0 Å². The van der Waals surface area contributed by atoms with Gasteiger partial charge in [0.15, 0.2) is 0 Å². The number of amides is 1. The molecule has 2 aliphatic heterocycles. The first-order valence-corrected chi connectivity index (χ1v) is 9.87. The van der Waals surface area contributed by atoms with Crippen LogP contribution in [0.1, 0.15) is 44.9 Å². The zero-order valence-corrected chi connectivity index (χ0v) is 15.9. The normalized spacial score (nSPS) is 20.4. The summed E-state index contributed by atoms with van der Waals surface area (Å²) in [5, 5.41) is 0. The zero-order valence-electron chi connectivity index (χ0n) is 15.9. The van der Waals surface area contributed by atoms with Crippen LogP contribution in [0.3, 0.4) is 0 Å². The van der Waals surface area contributed by atoms with Gasteiger partial charge in [-0.15, -0.1) is 0 Å². The summed E-state index contributed by atoms with van der Waals surface area (Å²) in [6.07, 6.45) is 7.61. The topological polar surface area (TPSA) is 44.6 Å². The average molecular weight is 348 g/mol. The molecule has 2 fully saturated rings. The average Bonchev–Trinajstić information content (AvgIpc) is 3.11. The van der Waals surface area contributed by atoms with Crippen LogP contribution in [0.4, 0.5) is 0 Å². The van der Waals surface area contributed by atoms with Crippen molar-refractivity contribution in [1.29, 1.82) is 0 Å². The van der Waals surface area contributed by atoms with Crippen LogP contribution in [0.25, 0.3) is 0 Å². The molecule has 0 saturated carbocycles. The lowest BCUT2D eigenvalue weighted by Gasteiger charge is -2.36. The number of piperidine rings is 1. The Morgan fingerprint density at radius 1 is 1.00 bits per heavy atom. The molecule has 0 unspecified atom stereocenters. The van der Waals surface area contributed by atoms with Crippen molar-refractivity contribution in [2.24, 2.45) is 0 Å². The van der Waals surface area contributed by atoms with Gasteiger partial charge in [0.25, 0.3) is 0 Å². The van der Waals surface area contributed by atoms with Crippen LogP contribution in [0.15, 0.2) is 12.4 Å². The maximum atomic E-state index is 12.4. The van der Waals surface area contributed by atoms with Crippen molar-refractivity contribution < 1.29 is 4.79 Å². The van der Waals surface area contributed by atoms with Crippen LogP contribution in [0.2, 0.25) is 0 Å². The monoisotopic (exact) mass is 347 g/mol. The molecular weight excluding hydrogens is 314 g/mol. The summed E-state index contributed by atoms with van der Waals surface area (Å²) in [4.78, 5) is 23.7. The molecule has 1 aromatic heterocycles. The molecule has 0 radical (unpaired) electrons. The Labute approximate surface area is 151 Å². The van der Waals surface area contributed by atoms with Gasteiger partial charge in [-0.25, -0.2) is 4.98 Å². The molecule has 140 valence electrons.